The lowest BCUT2D eigenvalue weighted by molar-refractivity contribution is 0.836. The highest BCUT2D eigenvalue weighted by atomic mass is 35.5. The van der Waals surface area contributed by atoms with Crippen molar-refractivity contribution >= 4 is 22.5 Å². The molecule has 4 heteroatoms. The minimum atomic E-state index is 0.401. The first-order valence-electron chi connectivity index (χ1n) is 6.77. The van der Waals surface area contributed by atoms with Gasteiger partial charge in [-0.3, -0.25) is 0 Å². The van der Waals surface area contributed by atoms with E-state index in [1.807, 2.05) is 24.3 Å². The summed E-state index contributed by atoms with van der Waals surface area (Å²) in [6, 6.07) is 11.7. The first kappa shape index (κ1) is 13.7. The number of nitrogens with one attached hydrogen (secondary N) is 1. The van der Waals surface area contributed by atoms with Gasteiger partial charge < -0.3 is 4.98 Å². The van der Waals surface area contributed by atoms with Crippen LogP contribution in [-0.2, 0) is 0 Å². The summed E-state index contributed by atoms with van der Waals surface area (Å²) >= 11 is 6.39. The molecule has 2 aromatic heterocycles. The first-order chi connectivity index (χ1) is 10.1. The van der Waals surface area contributed by atoms with Crippen LogP contribution in [0.5, 0.6) is 0 Å². The molecule has 3 rings (SSSR count). The topological polar surface area (TPSA) is 52.5 Å². The van der Waals surface area contributed by atoms with Crippen LogP contribution < -0.4 is 0 Å². The Balaban J connectivity index is 2.13. The lowest BCUT2D eigenvalue weighted by Crippen LogP contribution is -1.86. The highest BCUT2D eigenvalue weighted by Crippen LogP contribution is 2.33. The van der Waals surface area contributed by atoms with Crippen molar-refractivity contribution in [1.82, 2.24) is 9.97 Å². The van der Waals surface area contributed by atoms with Gasteiger partial charge in [0.15, 0.2) is 0 Å². The first-order valence-corrected chi connectivity index (χ1v) is 7.15. The number of nitriles is 1. The average molecular weight is 296 g/mol. The minimum Gasteiger partial charge on any atom is -0.358 e. The zero-order chi connectivity index (χ0) is 15.0. The summed E-state index contributed by atoms with van der Waals surface area (Å²) in [6.45, 7) is 4.30. The molecule has 0 bridgehead atoms. The monoisotopic (exact) mass is 295 g/mol. The SMILES string of the molecule is CC(C)c1cc2cc(Cl)c(-c3ccc(C#N)nc3)cc2[nH]1. The summed E-state index contributed by atoms with van der Waals surface area (Å²) in [4.78, 5) is 7.52. The van der Waals surface area contributed by atoms with Crippen LogP contribution in [-0.4, -0.2) is 9.97 Å². The summed E-state index contributed by atoms with van der Waals surface area (Å²) in [5.41, 5.74) is 4.47. The van der Waals surface area contributed by atoms with E-state index in [2.05, 4.69) is 29.9 Å². The maximum Gasteiger partial charge on any atom is 0.140 e. The number of hydrogen-bond donors (Lipinski definition) is 1. The molecule has 104 valence electrons. The van der Waals surface area contributed by atoms with Gasteiger partial charge in [-0.15, -0.1) is 0 Å². The number of benzene rings is 1. The Morgan fingerprint density at radius 1 is 1.24 bits per heavy atom. The molecule has 0 aliphatic heterocycles. The van der Waals surface area contributed by atoms with Crippen LogP contribution in [0.2, 0.25) is 5.02 Å². The Hall–Kier alpha value is -2.31. The van der Waals surface area contributed by atoms with Crippen LogP contribution in [0.3, 0.4) is 0 Å². The summed E-state index contributed by atoms with van der Waals surface area (Å²) in [7, 11) is 0. The predicted octanol–water partition coefficient (Wildman–Crippen LogP) is 4.88. The fraction of sp³-hybridized carbons (Fsp3) is 0.176. The molecule has 3 aromatic rings. The molecule has 0 spiro atoms. The van der Waals surface area contributed by atoms with Gasteiger partial charge in [-0.1, -0.05) is 25.4 Å². The Kier molecular flexibility index (Phi) is 3.40. The number of rotatable bonds is 2. The van der Waals surface area contributed by atoms with E-state index >= 15 is 0 Å². The third-order valence-corrected chi connectivity index (χ3v) is 3.85. The molecule has 1 aromatic carbocycles. The molecule has 0 unspecified atom stereocenters. The number of nitrogens with zero attached hydrogens (tertiary/aromatic N) is 2. The molecule has 1 N–H and O–H groups in total. The molecule has 0 aliphatic rings. The lowest BCUT2D eigenvalue weighted by atomic mass is 10.1. The zero-order valence-electron chi connectivity index (χ0n) is 11.8. The molecule has 0 aliphatic carbocycles. The number of halogens is 1. The van der Waals surface area contributed by atoms with Crippen molar-refractivity contribution in [2.45, 2.75) is 19.8 Å². The summed E-state index contributed by atoms with van der Waals surface area (Å²) < 4.78 is 0. The van der Waals surface area contributed by atoms with Crippen LogP contribution in [0.1, 0.15) is 31.2 Å². The van der Waals surface area contributed by atoms with Gasteiger partial charge in [0.25, 0.3) is 0 Å². The van der Waals surface area contributed by atoms with Crippen LogP contribution in [0, 0.1) is 11.3 Å². The van der Waals surface area contributed by atoms with Gasteiger partial charge in [0.05, 0.1) is 0 Å². The van der Waals surface area contributed by atoms with E-state index in [9.17, 15) is 0 Å². The normalized spacial score (nSPS) is 11.0. The highest BCUT2D eigenvalue weighted by molar-refractivity contribution is 6.34. The van der Waals surface area contributed by atoms with Crippen molar-refractivity contribution in [1.29, 1.82) is 5.26 Å². The van der Waals surface area contributed by atoms with Crippen molar-refractivity contribution < 1.29 is 0 Å². The fourth-order valence-corrected chi connectivity index (χ4v) is 2.61. The number of hydrogen-bond acceptors (Lipinski definition) is 2. The van der Waals surface area contributed by atoms with E-state index in [1.54, 1.807) is 12.3 Å². The minimum absolute atomic E-state index is 0.401. The van der Waals surface area contributed by atoms with E-state index in [1.165, 1.54) is 5.69 Å². The predicted molar refractivity (Wildman–Crippen MR) is 85.3 cm³/mol. The largest absolute Gasteiger partial charge is 0.358 e. The van der Waals surface area contributed by atoms with Crippen molar-refractivity contribution in [2.75, 3.05) is 0 Å². The number of H-pyrrole nitrogens is 1. The molecule has 0 saturated carbocycles. The molecule has 0 fully saturated rings. The third-order valence-electron chi connectivity index (χ3n) is 3.54. The van der Waals surface area contributed by atoms with E-state index in [0.29, 0.717) is 16.6 Å². The Morgan fingerprint density at radius 3 is 2.67 bits per heavy atom. The molecular formula is C17H14ClN3. The Bertz CT molecular complexity index is 839. The summed E-state index contributed by atoms with van der Waals surface area (Å²) in [5.74, 6) is 0.441. The number of aromatic amines is 1. The Morgan fingerprint density at radius 2 is 2.05 bits per heavy atom. The van der Waals surface area contributed by atoms with Gasteiger partial charge in [0, 0.05) is 38.9 Å². The second kappa shape index (κ2) is 5.23. The second-order valence-corrected chi connectivity index (χ2v) is 5.75. The maximum atomic E-state index is 8.81. The summed E-state index contributed by atoms with van der Waals surface area (Å²) in [6.07, 6.45) is 1.68. The molecule has 0 atom stereocenters. The number of pyridine rings is 1. The average Bonchev–Trinajstić information content (AvgIpc) is 2.89. The molecule has 0 amide bonds. The quantitative estimate of drug-likeness (QED) is 0.732. The molecular weight excluding hydrogens is 282 g/mol. The van der Waals surface area contributed by atoms with Gasteiger partial charge in [-0.05, 0) is 36.2 Å². The molecule has 21 heavy (non-hydrogen) atoms. The van der Waals surface area contributed by atoms with Gasteiger partial charge in [-0.2, -0.15) is 5.26 Å². The molecule has 3 nitrogen and oxygen atoms in total. The van der Waals surface area contributed by atoms with E-state index in [4.69, 9.17) is 16.9 Å². The summed E-state index contributed by atoms with van der Waals surface area (Å²) in [5, 5.41) is 10.6. The van der Waals surface area contributed by atoms with Crippen molar-refractivity contribution in [3.8, 4) is 17.2 Å². The van der Waals surface area contributed by atoms with Gasteiger partial charge in [-0.25, -0.2) is 4.98 Å². The standard InChI is InChI=1S/C17H14ClN3/c1-10(2)16-6-12-5-15(18)14(7-17(12)21-16)11-3-4-13(8-19)20-9-11/h3-7,9-10,21H,1-2H3. The smallest absolute Gasteiger partial charge is 0.140 e. The highest BCUT2D eigenvalue weighted by Gasteiger charge is 2.10. The van der Waals surface area contributed by atoms with Crippen LogP contribution in [0.25, 0.3) is 22.0 Å². The van der Waals surface area contributed by atoms with E-state index in [-0.39, 0.29) is 0 Å². The number of aromatic nitrogens is 2. The zero-order valence-corrected chi connectivity index (χ0v) is 12.6. The third kappa shape index (κ3) is 2.51. The maximum absolute atomic E-state index is 8.81. The van der Waals surface area contributed by atoms with Crippen molar-refractivity contribution in [2.24, 2.45) is 0 Å². The van der Waals surface area contributed by atoms with Gasteiger partial charge >= 0.3 is 0 Å². The van der Waals surface area contributed by atoms with Crippen LogP contribution in [0.15, 0.2) is 36.5 Å². The van der Waals surface area contributed by atoms with Crippen molar-refractivity contribution in [3.05, 3.63) is 52.9 Å². The molecule has 2 heterocycles. The van der Waals surface area contributed by atoms with Crippen LogP contribution in [0.4, 0.5) is 0 Å². The molecule has 0 saturated heterocycles. The lowest BCUT2D eigenvalue weighted by Gasteiger charge is -2.05. The van der Waals surface area contributed by atoms with E-state index < -0.39 is 0 Å². The fourth-order valence-electron chi connectivity index (χ4n) is 2.33. The Labute approximate surface area is 128 Å². The number of fused-ring (bicyclic) bond motifs is 1. The van der Waals surface area contributed by atoms with Crippen molar-refractivity contribution in [3.63, 3.8) is 0 Å². The second-order valence-electron chi connectivity index (χ2n) is 5.34. The van der Waals surface area contributed by atoms with Gasteiger partial charge in [0.2, 0.25) is 0 Å². The van der Waals surface area contributed by atoms with E-state index in [0.717, 1.165) is 22.0 Å². The van der Waals surface area contributed by atoms with Gasteiger partial charge in [0.1, 0.15) is 11.8 Å². The van der Waals surface area contributed by atoms with Crippen LogP contribution >= 0.6 is 11.6 Å². The molecule has 0 radical (unpaired) electrons.